The second kappa shape index (κ2) is 9.93. The molecule has 182 valence electrons. The number of thiazole rings is 1. The number of ether oxygens (including phenoxy) is 1. The van der Waals surface area contributed by atoms with Gasteiger partial charge in [0.15, 0.2) is 4.80 Å². The van der Waals surface area contributed by atoms with Crippen LogP contribution in [0.25, 0.3) is 17.4 Å². The molecule has 0 spiro atoms. The number of carbonyl (C=O) groups excluding carboxylic acids is 1. The van der Waals surface area contributed by atoms with Crippen molar-refractivity contribution in [3.8, 4) is 11.3 Å². The van der Waals surface area contributed by atoms with Gasteiger partial charge in [-0.2, -0.15) is 0 Å². The van der Waals surface area contributed by atoms with E-state index in [1.807, 2.05) is 36.4 Å². The summed E-state index contributed by atoms with van der Waals surface area (Å²) in [5.41, 5.74) is 2.16. The molecule has 0 N–H and O–H groups in total. The normalized spacial score (nSPS) is 15.6. The van der Waals surface area contributed by atoms with E-state index in [1.165, 1.54) is 11.3 Å². The molecule has 0 aliphatic carbocycles. The Bertz CT molecular complexity index is 1680. The third kappa shape index (κ3) is 4.46. The van der Waals surface area contributed by atoms with Crippen LogP contribution in [-0.4, -0.2) is 17.1 Å². The van der Waals surface area contributed by atoms with Gasteiger partial charge in [0.05, 0.1) is 38.5 Å². The van der Waals surface area contributed by atoms with E-state index in [4.69, 9.17) is 32.4 Å². The van der Waals surface area contributed by atoms with Crippen molar-refractivity contribution >= 4 is 46.6 Å². The van der Waals surface area contributed by atoms with Gasteiger partial charge in [-0.25, -0.2) is 9.79 Å². The molecule has 0 saturated carbocycles. The average molecular weight is 539 g/mol. The minimum Gasteiger partial charge on any atom is -0.463 e. The fraction of sp³-hybridized carbons (Fsp3) is 0.148. The molecule has 5 rings (SSSR count). The predicted molar refractivity (Wildman–Crippen MR) is 141 cm³/mol. The van der Waals surface area contributed by atoms with Gasteiger partial charge in [-0.15, -0.1) is 0 Å². The van der Waals surface area contributed by atoms with Gasteiger partial charge in [0, 0.05) is 11.6 Å². The second-order valence-electron chi connectivity index (χ2n) is 8.04. The van der Waals surface area contributed by atoms with Crippen LogP contribution >= 0.6 is 34.5 Å². The van der Waals surface area contributed by atoms with Crippen LogP contribution in [0.2, 0.25) is 10.0 Å². The summed E-state index contributed by atoms with van der Waals surface area (Å²) in [6.45, 7) is 3.73. The molecular formula is C27H20Cl2N2O4S. The topological polar surface area (TPSA) is 73.8 Å². The number of furan rings is 1. The highest BCUT2D eigenvalue weighted by Crippen LogP contribution is 2.31. The molecule has 2 aromatic heterocycles. The third-order valence-corrected chi connectivity index (χ3v) is 7.46. The number of halogens is 2. The number of carbonyl (C=O) groups is 1. The maximum atomic E-state index is 13.6. The summed E-state index contributed by atoms with van der Waals surface area (Å²) in [5.74, 6) is 0.605. The Morgan fingerprint density at radius 3 is 2.64 bits per heavy atom. The molecule has 1 atom stereocenters. The van der Waals surface area contributed by atoms with Gasteiger partial charge in [-0.05, 0) is 49.7 Å². The molecule has 0 saturated heterocycles. The summed E-state index contributed by atoms with van der Waals surface area (Å²) < 4.78 is 13.3. The first-order valence-electron chi connectivity index (χ1n) is 11.2. The molecule has 0 radical (unpaired) electrons. The van der Waals surface area contributed by atoms with Crippen molar-refractivity contribution in [3.63, 3.8) is 0 Å². The van der Waals surface area contributed by atoms with Crippen LogP contribution in [-0.2, 0) is 9.53 Å². The molecule has 1 aliphatic rings. The van der Waals surface area contributed by atoms with Crippen molar-refractivity contribution in [2.45, 2.75) is 19.9 Å². The lowest BCUT2D eigenvalue weighted by Gasteiger charge is -2.24. The van der Waals surface area contributed by atoms with Crippen LogP contribution in [0.15, 0.2) is 86.1 Å². The van der Waals surface area contributed by atoms with Crippen molar-refractivity contribution in [2.24, 2.45) is 4.99 Å². The van der Waals surface area contributed by atoms with Crippen LogP contribution < -0.4 is 14.9 Å². The van der Waals surface area contributed by atoms with Crippen LogP contribution in [0.4, 0.5) is 0 Å². The monoisotopic (exact) mass is 538 g/mol. The van der Waals surface area contributed by atoms with Crippen molar-refractivity contribution in [1.29, 1.82) is 0 Å². The molecule has 0 fully saturated rings. The zero-order valence-electron chi connectivity index (χ0n) is 19.3. The first-order chi connectivity index (χ1) is 17.4. The van der Waals surface area contributed by atoms with E-state index < -0.39 is 12.0 Å². The number of benzene rings is 2. The van der Waals surface area contributed by atoms with Crippen LogP contribution in [0, 0.1) is 0 Å². The number of allylic oxidation sites excluding steroid dienone is 1. The molecule has 36 heavy (non-hydrogen) atoms. The molecule has 2 aromatic carbocycles. The molecule has 0 unspecified atom stereocenters. The summed E-state index contributed by atoms with van der Waals surface area (Å²) in [5, 5.41) is 0.882. The summed E-state index contributed by atoms with van der Waals surface area (Å²) in [6.07, 6.45) is 1.68. The minimum atomic E-state index is -0.646. The number of hydrogen-bond acceptors (Lipinski definition) is 6. The van der Waals surface area contributed by atoms with E-state index in [1.54, 1.807) is 48.8 Å². The maximum absolute atomic E-state index is 13.6. The summed E-state index contributed by atoms with van der Waals surface area (Å²) in [6, 6.07) is 17.6. The first-order valence-corrected chi connectivity index (χ1v) is 12.7. The largest absolute Gasteiger partial charge is 0.463 e. The zero-order chi connectivity index (χ0) is 25.4. The SMILES string of the molecule is CCOC(=O)C1=C(C)N=c2s/c(=C/c3ccc(-c4ccc(Cl)c(Cl)c4)o3)c(=O)n2[C@H]1c1ccccc1. The van der Waals surface area contributed by atoms with Gasteiger partial charge in [-0.3, -0.25) is 9.36 Å². The smallest absolute Gasteiger partial charge is 0.338 e. The number of aromatic nitrogens is 1. The lowest BCUT2D eigenvalue weighted by atomic mass is 9.96. The fourth-order valence-electron chi connectivity index (χ4n) is 4.11. The molecule has 0 bridgehead atoms. The number of esters is 1. The first kappa shape index (κ1) is 24.3. The van der Waals surface area contributed by atoms with Crippen molar-refractivity contribution in [2.75, 3.05) is 6.61 Å². The Labute approximate surface area is 220 Å². The van der Waals surface area contributed by atoms with E-state index in [0.29, 0.717) is 42.2 Å². The van der Waals surface area contributed by atoms with Gasteiger partial charge < -0.3 is 9.15 Å². The Morgan fingerprint density at radius 2 is 1.92 bits per heavy atom. The lowest BCUT2D eigenvalue weighted by Crippen LogP contribution is -2.39. The Kier molecular flexibility index (Phi) is 6.71. The number of nitrogens with zero attached hydrogens (tertiary/aromatic N) is 2. The lowest BCUT2D eigenvalue weighted by molar-refractivity contribution is -0.139. The zero-order valence-corrected chi connectivity index (χ0v) is 21.7. The summed E-state index contributed by atoms with van der Waals surface area (Å²) >= 11 is 13.4. The summed E-state index contributed by atoms with van der Waals surface area (Å²) in [7, 11) is 0. The quantitative estimate of drug-likeness (QED) is 0.320. The Balaban J connectivity index is 1.62. The predicted octanol–water partition coefficient (Wildman–Crippen LogP) is 5.37. The van der Waals surface area contributed by atoms with Gasteiger partial charge in [-0.1, -0.05) is 64.9 Å². The van der Waals surface area contributed by atoms with Gasteiger partial charge in [0.2, 0.25) is 0 Å². The van der Waals surface area contributed by atoms with Gasteiger partial charge in [0.1, 0.15) is 11.5 Å². The Morgan fingerprint density at radius 1 is 1.14 bits per heavy atom. The molecule has 6 nitrogen and oxygen atoms in total. The highest BCUT2D eigenvalue weighted by molar-refractivity contribution is 7.07. The fourth-order valence-corrected chi connectivity index (χ4v) is 5.43. The highest BCUT2D eigenvalue weighted by atomic mass is 35.5. The van der Waals surface area contributed by atoms with Crippen LogP contribution in [0.3, 0.4) is 0 Å². The summed E-state index contributed by atoms with van der Waals surface area (Å²) in [4.78, 5) is 31.6. The molecule has 9 heteroatoms. The Hall–Kier alpha value is -3.39. The van der Waals surface area contributed by atoms with Crippen molar-refractivity contribution in [1.82, 2.24) is 4.57 Å². The number of fused-ring (bicyclic) bond motifs is 1. The van der Waals surface area contributed by atoms with Crippen molar-refractivity contribution in [3.05, 3.63) is 113 Å². The van der Waals surface area contributed by atoms with E-state index in [-0.39, 0.29) is 12.2 Å². The van der Waals surface area contributed by atoms with E-state index in [9.17, 15) is 9.59 Å². The van der Waals surface area contributed by atoms with Gasteiger partial charge >= 0.3 is 5.97 Å². The minimum absolute atomic E-state index is 0.223. The number of hydrogen-bond donors (Lipinski definition) is 0. The van der Waals surface area contributed by atoms with E-state index in [2.05, 4.69) is 4.99 Å². The highest BCUT2D eigenvalue weighted by Gasteiger charge is 2.33. The molecule has 3 heterocycles. The number of rotatable bonds is 5. The van der Waals surface area contributed by atoms with Crippen LogP contribution in [0.1, 0.15) is 31.2 Å². The van der Waals surface area contributed by atoms with Crippen LogP contribution in [0.5, 0.6) is 0 Å². The van der Waals surface area contributed by atoms with Crippen molar-refractivity contribution < 1.29 is 13.9 Å². The molecule has 0 amide bonds. The van der Waals surface area contributed by atoms with E-state index >= 15 is 0 Å². The van der Waals surface area contributed by atoms with Gasteiger partial charge in [0.25, 0.3) is 5.56 Å². The standard InChI is InChI=1S/C27H20Cl2N2O4S/c1-3-34-26(33)23-15(2)30-27-31(24(23)16-7-5-4-6-8-16)25(32)22(36-27)14-18-10-12-21(35-18)17-9-11-19(28)20(29)13-17/h4-14,24H,3H2,1-2H3/b22-14+/t24-/m0/s1. The third-order valence-electron chi connectivity index (χ3n) is 5.74. The molecule has 4 aromatic rings. The average Bonchev–Trinajstić information content (AvgIpc) is 3.45. The van der Waals surface area contributed by atoms with E-state index in [0.717, 1.165) is 11.1 Å². The molecule has 1 aliphatic heterocycles. The maximum Gasteiger partial charge on any atom is 0.338 e. The second-order valence-corrected chi connectivity index (χ2v) is 9.87. The molecular weight excluding hydrogens is 519 g/mol.